The average Bonchev–Trinajstić information content (AvgIpc) is 3.07. The van der Waals surface area contributed by atoms with Crippen molar-refractivity contribution in [2.75, 3.05) is 19.8 Å². The molecule has 0 radical (unpaired) electrons. The molecule has 3 rings (SSSR count). The Hall–Kier alpha value is -2.48. The summed E-state index contributed by atoms with van der Waals surface area (Å²) < 4.78 is 19.6. The summed E-state index contributed by atoms with van der Waals surface area (Å²) in [6.07, 6.45) is 0.580. The van der Waals surface area contributed by atoms with Crippen LogP contribution in [0.1, 0.15) is 32.6 Å². The minimum Gasteiger partial charge on any atom is -0.486 e. The maximum Gasteiger partial charge on any atom is 0.352 e. The van der Waals surface area contributed by atoms with Gasteiger partial charge in [0.15, 0.2) is 28.8 Å². The van der Waals surface area contributed by atoms with Crippen LogP contribution in [0.5, 0.6) is 11.5 Å². The Morgan fingerprint density at radius 2 is 2.04 bits per heavy atom. The highest BCUT2D eigenvalue weighted by Gasteiger charge is 2.19. The van der Waals surface area contributed by atoms with E-state index in [1.807, 2.05) is 6.92 Å². The van der Waals surface area contributed by atoms with Gasteiger partial charge in [-0.15, -0.1) is 5.10 Å². The predicted molar refractivity (Wildman–Crippen MR) is 81.3 cm³/mol. The van der Waals surface area contributed by atoms with Gasteiger partial charge in [-0.25, -0.2) is 4.79 Å². The summed E-state index contributed by atoms with van der Waals surface area (Å²) in [4.78, 5) is 24.5. The van der Waals surface area contributed by atoms with E-state index in [1.54, 1.807) is 18.2 Å². The SMILES string of the molecule is CCc1nnsc1C(=O)OCC(=O)c1ccc2c(c1)OCCO2. The molecule has 0 aliphatic carbocycles. The fourth-order valence-electron chi connectivity index (χ4n) is 2.09. The number of aryl methyl sites for hydroxylation is 1. The molecule has 0 spiro atoms. The normalized spacial score (nSPS) is 12.7. The summed E-state index contributed by atoms with van der Waals surface area (Å²) in [6.45, 7) is 2.45. The first kappa shape index (κ1) is 15.4. The van der Waals surface area contributed by atoms with Gasteiger partial charge in [0.2, 0.25) is 0 Å². The van der Waals surface area contributed by atoms with Crippen LogP contribution in [0.4, 0.5) is 0 Å². The van der Waals surface area contributed by atoms with Gasteiger partial charge in [0, 0.05) is 5.56 Å². The molecule has 0 atom stereocenters. The van der Waals surface area contributed by atoms with Crippen molar-refractivity contribution in [3.8, 4) is 11.5 Å². The van der Waals surface area contributed by atoms with Crippen LogP contribution < -0.4 is 9.47 Å². The molecule has 0 saturated carbocycles. The van der Waals surface area contributed by atoms with Gasteiger partial charge in [-0.05, 0) is 36.2 Å². The van der Waals surface area contributed by atoms with Crippen molar-refractivity contribution in [2.45, 2.75) is 13.3 Å². The molecule has 0 amide bonds. The maximum atomic E-state index is 12.2. The summed E-state index contributed by atoms with van der Waals surface area (Å²) in [7, 11) is 0. The molecule has 0 N–H and O–H groups in total. The Kier molecular flexibility index (Phi) is 4.52. The van der Waals surface area contributed by atoms with E-state index in [4.69, 9.17) is 14.2 Å². The van der Waals surface area contributed by atoms with E-state index in [1.165, 1.54) is 0 Å². The lowest BCUT2D eigenvalue weighted by atomic mass is 10.1. The van der Waals surface area contributed by atoms with E-state index in [2.05, 4.69) is 9.59 Å². The van der Waals surface area contributed by atoms with E-state index < -0.39 is 5.97 Å². The third kappa shape index (κ3) is 3.31. The van der Waals surface area contributed by atoms with E-state index in [0.29, 0.717) is 47.3 Å². The van der Waals surface area contributed by atoms with Crippen LogP contribution >= 0.6 is 11.5 Å². The molecule has 0 unspecified atom stereocenters. The van der Waals surface area contributed by atoms with Crippen molar-refractivity contribution in [3.63, 3.8) is 0 Å². The van der Waals surface area contributed by atoms with E-state index in [0.717, 1.165) is 11.5 Å². The lowest BCUT2D eigenvalue weighted by Gasteiger charge is -2.18. The fourth-order valence-corrected chi connectivity index (χ4v) is 2.74. The van der Waals surface area contributed by atoms with Gasteiger partial charge in [0.1, 0.15) is 13.2 Å². The number of hydrogen-bond acceptors (Lipinski definition) is 8. The largest absolute Gasteiger partial charge is 0.486 e. The molecule has 1 aliphatic rings. The molecule has 7 nitrogen and oxygen atoms in total. The number of ketones is 1. The Morgan fingerprint density at radius 1 is 1.26 bits per heavy atom. The summed E-state index contributed by atoms with van der Waals surface area (Å²) in [5.74, 6) is 0.232. The van der Waals surface area contributed by atoms with Crippen molar-refractivity contribution in [2.24, 2.45) is 0 Å². The monoisotopic (exact) mass is 334 g/mol. The number of nitrogens with zero attached hydrogens (tertiary/aromatic N) is 2. The van der Waals surface area contributed by atoms with Gasteiger partial charge in [-0.1, -0.05) is 11.4 Å². The van der Waals surface area contributed by atoms with Crippen molar-refractivity contribution in [1.82, 2.24) is 9.59 Å². The fraction of sp³-hybridized carbons (Fsp3) is 0.333. The molecular weight excluding hydrogens is 320 g/mol. The molecule has 2 heterocycles. The van der Waals surface area contributed by atoms with E-state index >= 15 is 0 Å². The number of carbonyl (C=O) groups is 2. The zero-order valence-electron chi connectivity index (χ0n) is 12.4. The Labute approximate surface area is 136 Å². The van der Waals surface area contributed by atoms with Crippen molar-refractivity contribution < 1.29 is 23.8 Å². The average molecular weight is 334 g/mol. The first-order valence-corrected chi connectivity index (χ1v) is 7.87. The minimum atomic E-state index is -0.581. The summed E-state index contributed by atoms with van der Waals surface area (Å²) in [5, 5.41) is 3.84. The van der Waals surface area contributed by atoms with Gasteiger partial charge in [0.25, 0.3) is 0 Å². The number of hydrogen-bond donors (Lipinski definition) is 0. The molecule has 2 aromatic rings. The Balaban J connectivity index is 1.64. The standard InChI is InChI=1S/C15H14N2O5S/c1-2-10-14(23-17-16-10)15(19)22-8-11(18)9-3-4-12-13(7-9)21-6-5-20-12/h3-4,7H,2,5-6,8H2,1H3. The number of fused-ring (bicyclic) bond motifs is 1. The topological polar surface area (TPSA) is 87.6 Å². The number of benzene rings is 1. The highest BCUT2D eigenvalue weighted by molar-refractivity contribution is 7.07. The zero-order valence-corrected chi connectivity index (χ0v) is 13.2. The summed E-state index contributed by atoms with van der Waals surface area (Å²) in [5.41, 5.74) is 0.979. The number of esters is 1. The van der Waals surface area contributed by atoms with Crippen LogP contribution in [0.3, 0.4) is 0 Å². The second-order valence-electron chi connectivity index (χ2n) is 4.76. The molecule has 0 fully saturated rings. The van der Waals surface area contributed by atoms with E-state index in [-0.39, 0.29) is 12.4 Å². The lowest BCUT2D eigenvalue weighted by molar-refractivity contribution is 0.0478. The number of ether oxygens (including phenoxy) is 3. The Morgan fingerprint density at radius 3 is 2.83 bits per heavy atom. The van der Waals surface area contributed by atoms with Gasteiger partial charge in [-0.2, -0.15) is 0 Å². The van der Waals surface area contributed by atoms with Crippen molar-refractivity contribution in [1.29, 1.82) is 0 Å². The van der Waals surface area contributed by atoms with Gasteiger partial charge < -0.3 is 14.2 Å². The van der Waals surface area contributed by atoms with Crippen LogP contribution in [0.2, 0.25) is 0 Å². The number of Topliss-reactive ketones (excluding diaryl/α,β-unsaturated/α-hetero) is 1. The van der Waals surface area contributed by atoms with Crippen LogP contribution in [0.15, 0.2) is 18.2 Å². The molecule has 1 aromatic carbocycles. The van der Waals surface area contributed by atoms with Crippen LogP contribution in [0.25, 0.3) is 0 Å². The quantitative estimate of drug-likeness (QED) is 0.609. The maximum absolute atomic E-state index is 12.2. The third-order valence-electron chi connectivity index (χ3n) is 3.27. The number of aromatic nitrogens is 2. The summed E-state index contributed by atoms with van der Waals surface area (Å²) in [6, 6.07) is 4.89. The molecule has 120 valence electrons. The zero-order chi connectivity index (χ0) is 16.2. The van der Waals surface area contributed by atoms with Gasteiger partial charge in [-0.3, -0.25) is 4.79 Å². The molecule has 1 aromatic heterocycles. The smallest absolute Gasteiger partial charge is 0.352 e. The summed E-state index contributed by atoms with van der Waals surface area (Å²) >= 11 is 0.965. The first-order valence-electron chi connectivity index (χ1n) is 7.10. The predicted octanol–water partition coefficient (Wildman–Crippen LogP) is 1.91. The second kappa shape index (κ2) is 6.74. The van der Waals surface area contributed by atoms with E-state index in [9.17, 15) is 9.59 Å². The molecule has 8 heteroatoms. The Bertz CT molecular complexity index is 743. The lowest BCUT2D eigenvalue weighted by Crippen LogP contribution is -2.17. The van der Waals surface area contributed by atoms with Gasteiger partial charge in [0.05, 0.1) is 5.69 Å². The first-order chi connectivity index (χ1) is 11.2. The highest BCUT2D eigenvalue weighted by Crippen LogP contribution is 2.30. The van der Waals surface area contributed by atoms with Crippen LogP contribution in [-0.4, -0.2) is 41.2 Å². The molecule has 0 bridgehead atoms. The molecule has 0 saturated heterocycles. The number of rotatable bonds is 5. The molecule has 1 aliphatic heterocycles. The van der Waals surface area contributed by atoms with Crippen LogP contribution in [-0.2, 0) is 11.2 Å². The second-order valence-corrected chi connectivity index (χ2v) is 5.51. The highest BCUT2D eigenvalue weighted by atomic mass is 32.1. The van der Waals surface area contributed by atoms with Crippen LogP contribution in [0, 0.1) is 0 Å². The minimum absolute atomic E-state index is 0.314. The third-order valence-corrected chi connectivity index (χ3v) is 4.02. The molecular formula is C15H14N2O5S. The molecule has 23 heavy (non-hydrogen) atoms. The number of carbonyl (C=O) groups excluding carboxylic acids is 2. The van der Waals surface area contributed by atoms with Crippen molar-refractivity contribution in [3.05, 3.63) is 34.3 Å². The van der Waals surface area contributed by atoms with Crippen molar-refractivity contribution >= 4 is 23.3 Å². The van der Waals surface area contributed by atoms with Gasteiger partial charge >= 0.3 is 5.97 Å².